The predicted octanol–water partition coefficient (Wildman–Crippen LogP) is 4.77. The van der Waals surface area contributed by atoms with Crippen LogP contribution in [0.3, 0.4) is 0 Å². The van der Waals surface area contributed by atoms with Crippen molar-refractivity contribution in [2.45, 2.75) is 0 Å². The Hall–Kier alpha value is -0.620. The maximum Gasteiger partial charge on any atom is 0.196 e. The van der Waals surface area contributed by atoms with Crippen molar-refractivity contribution in [1.29, 1.82) is 0 Å². The number of rotatable bonds is 2. The first kappa shape index (κ1) is 13.8. The minimum Gasteiger partial charge on any atom is -0.396 e. The van der Waals surface area contributed by atoms with E-state index in [2.05, 4.69) is 15.9 Å². The summed E-state index contributed by atoms with van der Waals surface area (Å²) in [5, 5.41) is 0. The molecular weight excluding hydrogens is 364 g/mol. The normalized spacial score (nSPS) is 10.7. The van der Waals surface area contributed by atoms with Crippen LogP contribution in [-0.2, 0) is 0 Å². The molecule has 2 N–H and O–H groups in total. The molecular formula is C11H5BrCl2FNOS. The second-order valence-corrected chi connectivity index (χ2v) is 6.56. The van der Waals surface area contributed by atoms with E-state index in [1.54, 1.807) is 0 Å². The molecule has 1 aromatic heterocycles. The fourth-order valence-corrected chi connectivity index (χ4v) is 3.33. The van der Waals surface area contributed by atoms with Gasteiger partial charge in [0.2, 0.25) is 0 Å². The SMILES string of the molecule is Nc1cc(C(=O)c2cc(Cl)sc2Cl)c(Br)cc1F. The molecule has 0 aliphatic rings. The zero-order valence-electron chi connectivity index (χ0n) is 8.64. The number of ketones is 1. The molecule has 0 saturated carbocycles. The maximum absolute atomic E-state index is 13.2. The summed E-state index contributed by atoms with van der Waals surface area (Å²) in [4.78, 5) is 12.2. The Kier molecular flexibility index (Phi) is 3.96. The van der Waals surface area contributed by atoms with E-state index >= 15 is 0 Å². The van der Waals surface area contributed by atoms with Gasteiger partial charge in [0.25, 0.3) is 0 Å². The van der Waals surface area contributed by atoms with Crippen molar-refractivity contribution in [1.82, 2.24) is 0 Å². The van der Waals surface area contributed by atoms with Crippen molar-refractivity contribution < 1.29 is 9.18 Å². The van der Waals surface area contributed by atoms with Crippen LogP contribution in [-0.4, -0.2) is 5.78 Å². The third kappa shape index (κ3) is 2.54. The van der Waals surface area contributed by atoms with Gasteiger partial charge in [-0.3, -0.25) is 4.79 Å². The molecule has 0 unspecified atom stereocenters. The zero-order chi connectivity index (χ0) is 13.4. The van der Waals surface area contributed by atoms with Crippen LogP contribution in [0.2, 0.25) is 8.67 Å². The van der Waals surface area contributed by atoms with Crippen LogP contribution in [0.4, 0.5) is 10.1 Å². The van der Waals surface area contributed by atoms with Gasteiger partial charge in [0.15, 0.2) is 5.78 Å². The summed E-state index contributed by atoms with van der Waals surface area (Å²) in [7, 11) is 0. The molecule has 0 atom stereocenters. The van der Waals surface area contributed by atoms with Gasteiger partial charge in [-0.15, -0.1) is 11.3 Å². The topological polar surface area (TPSA) is 43.1 Å². The Labute approximate surface area is 125 Å². The van der Waals surface area contributed by atoms with Crippen LogP contribution in [0.15, 0.2) is 22.7 Å². The van der Waals surface area contributed by atoms with Crippen LogP contribution in [0.25, 0.3) is 0 Å². The zero-order valence-corrected chi connectivity index (χ0v) is 12.6. The predicted molar refractivity (Wildman–Crippen MR) is 76.3 cm³/mol. The summed E-state index contributed by atoms with van der Waals surface area (Å²) in [5.74, 6) is -0.949. The summed E-state index contributed by atoms with van der Waals surface area (Å²) in [5.41, 5.74) is 5.86. The average Bonchev–Trinajstić information content (AvgIpc) is 2.62. The van der Waals surface area contributed by atoms with Crippen LogP contribution in [0.1, 0.15) is 15.9 Å². The largest absolute Gasteiger partial charge is 0.396 e. The summed E-state index contributed by atoms with van der Waals surface area (Å²) in [6.07, 6.45) is 0. The lowest BCUT2D eigenvalue weighted by Crippen LogP contribution is -2.04. The molecule has 0 aliphatic carbocycles. The molecule has 0 aliphatic heterocycles. The van der Waals surface area contributed by atoms with Crippen LogP contribution in [0.5, 0.6) is 0 Å². The maximum atomic E-state index is 13.2. The molecule has 2 aromatic rings. The highest BCUT2D eigenvalue weighted by Crippen LogP contribution is 2.34. The van der Waals surface area contributed by atoms with Gasteiger partial charge in [-0.2, -0.15) is 0 Å². The summed E-state index contributed by atoms with van der Waals surface area (Å²) >= 11 is 15.9. The van der Waals surface area contributed by atoms with Gasteiger partial charge in [-0.1, -0.05) is 23.2 Å². The lowest BCUT2D eigenvalue weighted by Gasteiger charge is -2.05. The number of benzene rings is 1. The number of hydrogen-bond donors (Lipinski definition) is 1. The number of hydrogen-bond acceptors (Lipinski definition) is 3. The van der Waals surface area contributed by atoms with E-state index in [1.165, 1.54) is 12.1 Å². The second-order valence-electron chi connectivity index (χ2n) is 3.42. The highest BCUT2D eigenvalue weighted by molar-refractivity contribution is 9.10. The van der Waals surface area contributed by atoms with Crippen molar-refractivity contribution in [3.63, 3.8) is 0 Å². The minimum absolute atomic E-state index is 0.0981. The standard InChI is InChI=1S/C11H5BrCl2FNOS/c12-6-3-7(15)8(16)1-4(6)10(17)5-2-9(13)18-11(5)14/h1-3H,16H2. The number of thiophene rings is 1. The van der Waals surface area contributed by atoms with Gasteiger partial charge in [0.1, 0.15) is 10.2 Å². The first-order valence-corrected chi connectivity index (χ1v) is 7.00. The molecule has 0 saturated heterocycles. The molecule has 2 nitrogen and oxygen atoms in total. The Morgan fingerprint density at radius 3 is 2.50 bits per heavy atom. The monoisotopic (exact) mass is 367 g/mol. The minimum atomic E-state index is -0.590. The van der Waals surface area contributed by atoms with Gasteiger partial charge in [-0.25, -0.2) is 4.39 Å². The Bertz CT molecular complexity index is 644. The quantitative estimate of drug-likeness (QED) is 0.612. The Morgan fingerprint density at radius 1 is 1.28 bits per heavy atom. The van der Waals surface area contributed by atoms with Crippen molar-refractivity contribution in [2.24, 2.45) is 0 Å². The van der Waals surface area contributed by atoms with Gasteiger partial charge >= 0.3 is 0 Å². The molecule has 0 spiro atoms. The second kappa shape index (κ2) is 5.17. The molecule has 1 aromatic carbocycles. The van der Waals surface area contributed by atoms with Crippen molar-refractivity contribution in [3.8, 4) is 0 Å². The number of nitrogens with two attached hydrogens (primary N) is 1. The van der Waals surface area contributed by atoms with E-state index in [0.717, 1.165) is 17.4 Å². The molecule has 0 amide bonds. The van der Waals surface area contributed by atoms with Gasteiger partial charge in [0, 0.05) is 10.0 Å². The van der Waals surface area contributed by atoms with Crippen LogP contribution >= 0.6 is 50.5 Å². The van der Waals surface area contributed by atoms with E-state index < -0.39 is 5.82 Å². The third-order valence-electron chi connectivity index (χ3n) is 2.23. The lowest BCUT2D eigenvalue weighted by atomic mass is 10.1. The molecule has 0 radical (unpaired) electrons. The van der Waals surface area contributed by atoms with Gasteiger partial charge in [0.05, 0.1) is 15.6 Å². The summed E-state index contributed by atoms with van der Waals surface area (Å²) in [6, 6.07) is 3.89. The third-order valence-corrected chi connectivity index (χ3v) is 4.38. The highest BCUT2D eigenvalue weighted by Gasteiger charge is 2.19. The van der Waals surface area contributed by atoms with E-state index in [1.807, 2.05) is 0 Å². The number of halogens is 4. The molecule has 1 heterocycles. The van der Waals surface area contributed by atoms with Crippen LogP contribution in [0, 0.1) is 5.82 Å². The van der Waals surface area contributed by atoms with Crippen molar-refractivity contribution in [3.05, 3.63) is 48.3 Å². The molecule has 0 bridgehead atoms. The molecule has 18 heavy (non-hydrogen) atoms. The Balaban J connectivity index is 2.53. The van der Waals surface area contributed by atoms with Gasteiger partial charge in [-0.05, 0) is 34.1 Å². The summed E-state index contributed by atoms with van der Waals surface area (Å²) < 4.78 is 14.2. The van der Waals surface area contributed by atoms with Gasteiger partial charge < -0.3 is 5.73 Å². The fraction of sp³-hybridized carbons (Fsp3) is 0. The fourth-order valence-electron chi connectivity index (χ4n) is 1.38. The number of nitrogen functional groups attached to an aromatic ring is 1. The lowest BCUT2D eigenvalue weighted by molar-refractivity contribution is 0.103. The van der Waals surface area contributed by atoms with Crippen molar-refractivity contribution >= 4 is 61.9 Å². The average molecular weight is 369 g/mol. The van der Waals surface area contributed by atoms with E-state index in [9.17, 15) is 9.18 Å². The molecule has 2 rings (SSSR count). The number of anilines is 1. The van der Waals surface area contributed by atoms with E-state index in [-0.39, 0.29) is 22.6 Å². The van der Waals surface area contributed by atoms with E-state index in [0.29, 0.717) is 13.1 Å². The summed E-state index contributed by atoms with van der Waals surface area (Å²) in [6.45, 7) is 0. The Morgan fingerprint density at radius 2 is 1.94 bits per heavy atom. The van der Waals surface area contributed by atoms with Crippen LogP contribution < -0.4 is 5.73 Å². The van der Waals surface area contributed by atoms with E-state index in [4.69, 9.17) is 28.9 Å². The molecule has 7 heteroatoms. The smallest absolute Gasteiger partial charge is 0.196 e. The number of carbonyl (C=O) groups is 1. The molecule has 0 fully saturated rings. The highest BCUT2D eigenvalue weighted by atomic mass is 79.9. The van der Waals surface area contributed by atoms with Crippen molar-refractivity contribution in [2.75, 3.05) is 5.73 Å². The first-order valence-electron chi connectivity index (χ1n) is 4.64. The number of carbonyl (C=O) groups excluding carboxylic acids is 1. The molecule has 94 valence electrons. The first-order chi connectivity index (χ1) is 8.40.